The number of carbonyl (C=O) groups is 2. The van der Waals surface area contributed by atoms with E-state index >= 15 is 0 Å². The summed E-state index contributed by atoms with van der Waals surface area (Å²) in [6, 6.07) is 15.4. The molecule has 1 aliphatic rings. The highest BCUT2D eigenvalue weighted by Crippen LogP contribution is 2.29. The zero-order valence-electron chi connectivity index (χ0n) is 13.6. The highest BCUT2D eigenvalue weighted by Gasteiger charge is 2.27. The Morgan fingerprint density at radius 1 is 1.17 bits per heavy atom. The average molecular weight is 324 g/mol. The van der Waals surface area contributed by atoms with E-state index in [1.165, 1.54) is 5.56 Å². The van der Waals surface area contributed by atoms with Crippen LogP contribution in [0.2, 0.25) is 0 Å². The number of amides is 2. The SMILES string of the molecule is CN(C(=O)N1CCc2ccccc21)c1cccc(CCC(=O)O)c1. The smallest absolute Gasteiger partial charge is 0.328 e. The number of aliphatic carboxylic acids is 1. The van der Waals surface area contributed by atoms with Crippen LogP contribution in [0.25, 0.3) is 0 Å². The Bertz CT molecular complexity index is 773. The first kappa shape index (κ1) is 16.1. The van der Waals surface area contributed by atoms with E-state index < -0.39 is 5.97 Å². The van der Waals surface area contributed by atoms with Crippen molar-refractivity contribution in [1.82, 2.24) is 0 Å². The number of urea groups is 1. The summed E-state index contributed by atoms with van der Waals surface area (Å²) in [4.78, 5) is 27.0. The van der Waals surface area contributed by atoms with Gasteiger partial charge in [-0.05, 0) is 42.2 Å². The number of benzene rings is 2. The van der Waals surface area contributed by atoms with Crippen molar-refractivity contribution in [2.24, 2.45) is 0 Å². The molecule has 0 bridgehead atoms. The summed E-state index contributed by atoms with van der Waals surface area (Å²) in [6.45, 7) is 0.682. The van der Waals surface area contributed by atoms with Crippen molar-refractivity contribution in [3.63, 3.8) is 0 Å². The van der Waals surface area contributed by atoms with Gasteiger partial charge < -0.3 is 5.11 Å². The maximum absolute atomic E-state index is 12.8. The minimum Gasteiger partial charge on any atom is -0.481 e. The van der Waals surface area contributed by atoms with Gasteiger partial charge in [0.1, 0.15) is 0 Å². The minimum atomic E-state index is -0.821. The third kappa shape index (κ3) is 3.25. The number of hydrogen-bond acceptors (Lipinski definition) is 2. The zero-order valence-corrected chi connectivity index (χ0v) is 13.6. The summed E-state index contributed by atoms with van der Waals surface area (Å²) in [5.74, 6) is -0.821. The first-order valence-electron chi connectivity index (χ1n) is 8.00. The van der Waals surface area contributed by atoms with Gasteiger partial charge in [-0.3, -0.25) is 14.6 Å². The van der Waals surface area contributed by atoms with E-state index in [1.807, 2.05) is 42.5 Å². The molecule has 3 rings (SSSR count). The van der Waals surface area contributed by atoms with Gasteiger partial charge in [0.25, 0.3) is 0 Å². The van der Waals surface area contributed by atoms with Crippen LogP contribution in [0.4, 0.5) is 16.2 Å². The highest BCUT2D eigenvalue weighted by atomic mass is 16.4. The maximum Gasteiger partial charge on any atom is 0.328 e. The lowest BCUT2D eigenvalue weighted by Crippen LogP contribution is -2.40. The van der Waals surface area contributed by atoms with Crippen LogP contribution >= 0.6 is 0 Å². The molecule has 0 fully saturated rings. The zero-order chi connectivity index (χ0) is 17.1. The van der Waals surface area contributed by atoms with Crippen LogP contribution < -0.4 is 9.80 Å². The number of anilines is 2. The number of carboxylic acid groups (broad SMARTS) is 1. The van der Waals surface area contributed by atoms with Gasteiger partial charge in [-0.15, -0.1) is 0 Å². The van der Waals surface area contributed by atoms with E-state index in [0.717, 1.165) is 23.4 Å². The Balaban J connectivity index is 1.77. The second-order valence-corrected chi connectivity index (χ2v) is 5.94. The largest absolute Gasteiger partial charge is 0.481 e. The molecule has 2 amide bonds. The molecule has 2 aromatic carbocycles. The van der Waals surface area contributed by atoms with Gasteiger partial charge in [0.2, 0.25) is 0 Å². The van der Waals surface area contributed by atoms with Crippen molar-refractivity contribution >= 4 is 23.4 Å². The monoisotopic (exact) mass is 324 g/mol. The van der Waals surface area contributed by atoms with Crippen molar-refractivity contribution in [1.29, 1.82) is 0 Å². The van der Waals surface area contributed by atoms with Gasteiger partial charge >= 0.3 is 12.0 Å². The van der Waals surface area contributed by atoms with Crippen LogP contribution in [0.3, 0.4) is 0 Å². The predicted molar refractivity (Wildman–Crippen MR) is 93.7 cm³/mol. The number of carboxylic acids is 1. The number of aryl methyl sites for hydroxylation is 1. The number of para-hydroxylation sites is 1. The third-order valence-electron chi connectivity index (χ3n) is 4.33. The van der Waals surface area contributed by atoms with E-state index in [0.29, 0.717) is 13.0 Å². The molecular weight excluding hydrogens is 304 g/mol. The molecule has 124 valence electrons. The van der Waals surface area contributed by atoms with Crippen molar-refractivity contribution in [3.05, 3.63) is 59.7 Å². The number of hydrogen-bond donors (Lipinski definition) is 1. The van der Waals surface area contributed by atoms with Crippen LogP contribution in [-0.4, -0.2) is 30.7 Å². The number of carbonyl (C=O) groups excluding carboxylic acids is 1. The summed E-state index contributed by atoms with van der Waals surface area (Å²) in [5.41, 5.74) is 3.84. The lowest BCUT2D eigenvalue weighted by Gasteiger charge is -2.25. The second-order valence-electron chi connectivity index (χ2n) is 5.94. The molecule has 0 saturated carbocycles. The van der Waals surface area contributed by atoms with Crippen LogP contribution in [0.1, 0.15) is 17.5 Å². The fourth-order valence-corrected chi connectivity index (χ4v) is 3.00. The Kier molecular flexibility index (Phi) is 4.51. The molecule has 5 heteroatoms. The van der Waals surface area contributed by atoms with E-state index in [1.54, 1.807) is 16.8 Å². The van der Waals surface area contributed by atoms with E-state index in [9.17, 15) is 9.59 Å². The summed E-state index contributed by atoms with van der Waals surface area (Å²) < 4.78 is 0. The molecule has 5 nitrogen and oxygen atoms in total. The van der Waals surface area contributed by atoms with Crippen molar-refractivity contribution in [3.8, 4) is 0 Å². The van der Waals surface area contributed by atoms with Crippen LogP contribution in [0.15, 0.2) is 48.5 Å². The predicted octanol–water partition coefficient (Wildman–Crippen LogP) is 3.32. The quantitative estimate of drug-likeness (QED) is 0.938. The Morgan fingerprint density at radius 3 is 2.75 bits per heavy atom. The molecule has 1 heterocycles. The molecule has 0 aliphatic carbocycles. The number of rotatable bonds is 4. The lowest BCUT2D eigenvalue weighted by molar-refractivity contribution is -0.136. The van der Waals surface area contributed by atoms with E-state index in [4.69, 9.17) is 5.11 Å². The first-order chi connectivity index (χ1) is 11.6. The minimum absolute atomic E-state index is 0.0738. The van der Waals surface area contributed by atoms with Crippen molar-refractivity contribution < 1.29 is 14.7 Å². The number of fused-ring (bicyclic) bond motifs is 1. The standard InChI is InChI=1S/C19H20N2O3/c1-20(16-7-4-5-14(13-16)9-10-18(22)23)19(24)21-12-11-15-6-2-3-8-17(15)21/h2-8,13H,9-12H2,1H3,(H,22,23). The van der Waals surface area contributed by atoms with Gasteiger partial charge in [0, 0.05) is 31.4 Å². The molecule has 2 aromatic rings. The van der Waals surface area contributed by atoms with Gasteiger partial charge in [-0.2, -0.15) is 0 Å². The molecule has 0 aromatic heterocycles. The molecular formula is C19H20N2O3. The Morgan fingerprint density at radius 2 is 1.96 bits per heavy atom. The van der Waals surface area contributed by atoms with Crippen molar-refractivity contribution in [2.75, 3.05) is 23.4 Å². The fourth-order valence-electron chi connectivity index (χ4n) is 3.00. The molecule has 0 atom stereocenters. The summed E-state index contributed by atoms with van der Waals surface area (Å²) >= 11 is 0. The Labute approximate surface area is 141 Å². The normalized spacial score (nSPS) is 12.8. The van der Waals surface area contributed by atoms with Gasteiger partial charge in [0.05, 0.1) is 0 Å². The van der Waals surface area contributed by atoms with E-state index in [2.05, 4.69) is 6.07 Å². The molecule has 1 N–H and O–H groups in total. The lowest BCUT2D eigenvalue weighted by atomic mass is 10.1. The van der Waals surface area contributed by atoms with Gasteiger partial charge in [0.15, 0.2) is 0 Å². The molecule has 0 spiro atoms. The van der Waals surface area contributed by atoms with Crippen LogP contribution in [0, 0.1) is 0 Å². The topological polar surface area (TPSA) is 60.9 Å². The van der Waals surface area contributed by atoms with Gasteiger partial charge in [-0.1, -0.05) is 30.3 Å². The Hall–Kier alpha value is -2.82. The third-order valence-corrected chi connectivity index (χ3v) is 4.33. The molecule has 0 saturated heterocycles. The van der Waals surface area contributed by atoms with Crippen LogP contribution in [0.5, 0.6) is 0 Å². The van der Waals surface area contributed by atoms with Crippen molar-refractivity contribution in [2.45, 2.75) is 19.3 Å². The molecule has 1 aliphatic heterocycles. The van der Waals surface area contributed by atoms with Crippen LogP contribution in [-0.2, 0) is 17.6 Å². The molecule has 0 radical (unpaired) electrons. The molecule has 0 unspecified atom stereocenters. The summed E-state index contributed by atoms with van der Waals surface area (Å²) in [6.07, 6.45) is 1.41. The highest BCUT2D eigenvalue weighted by molar-refractivity contribution is 6.04. The van der Waals surface area contributed by atoms with Gasteiger partial charge in [-0.25, -0.2) is 4.79 Å². The van der Waals surface area contributed by atoms with E-state index in [-0.39, 0.29) is 12.5 Å². The average Bonchev–Trinajstić information content (AvgIpc) is 3.03. The fraction of sp³-hybridized carbons (Fsp3) is 0.263. The maximum atomic E-state index is 12.8. The summed E-state index contributed by atoms with van der Waals surface area (Å²) in [7, 11) is 1.75. The first-order valence-corrected chi connectivity index (χ1v) is 8.00. The molecule has 24 heavy (non-hydrogen) atoms. The second kappa shape index (κ2) is 6.74. The summed E-state index contributed by atoms with van der Waals surface area (Å²) in [5, 5.41) is 8.81. The number of nitrogens with zero attached hydrogens (tertiary/aromatic N) is 2.